The first-order chi connectivity index (χ1) is 8.72. The minimum Gasteiger partial charge on any atom is -0.382 e. The number of nitrogens with one attached hydrogen (secondary N) is 2. The van der Waals surface area contributed by atoms with Gasteiger partial charge >= 0.3 is 5.69 Å². The van der Waals surface area contributed by atoms with Crippen LogP contribution >= 0.6 is 0 Å². The molecule has 0 amide bonds. The molecule has 1 aromatic carbocycles. The monoisotopic (exact) mass is 249 g/mol. The van der Waals surface area contributed by atoms with Gasteiger partial charge in [-0.3, -0.25) is 10.1 Å². The lowest BCUT2D eigenvalue weighted by molar-refractivity contribution is -0.383. The van der Waals surface area contributed by atoms with Crippen molar-refractivity contribution in [2.45, 2.75) is 25.7 Å². The number of para-hydroxylation sites is 1. The quantitative estimate of drug-likeness (QED) is 0.621. The van der Waals surface area contributed by atoms with Crippen molar-refractivity contribution in [2.75, 3.05) is 24.2 Å². The summed E-state index contributed by atoms with van der Waals surface area (Å²) in [6.45, 7) is 0.827. The van der Waals surface area contributed by atoms with Gasteiger partial charge in [0.15, 0.2) is 0 Å². The topological polar surface area (TPSA) is 67.2 Å². The third-order valence-electron chi connectivity index (χ3n) is 3.54. The summed E-state index contributed by atoms with van der Waals surface area (Å²) in [5.74, 6) is 0.655. The number of rotatable bonds is 5. The zero-order valence-electron chi connectivity index (χ0n) is 10.6. The third kappa shape index (κ3) is 2.72. The van der Waals surface area contributed by atoms with Gasteiger partial charge in [0.1, 0.15) is 11.4 Å². The van der Waals surface area contributed by atoms with Crippen molar-refractivity contribution < 1.29 is 4.92 Å². The van der Waals surface area contributed by atoms with Crippen LogP contribution < -0.4 is 10.6 Å². The van der Waals surface area contributed by atoms with Crippen LogP contribution in [0.15, 0.2) is 18.2 Å². The molecule has 0 aromatic heterocycles. The fourth-order valence-electron chi connectivity index (χ4n) is 2.55. The van der Waals surface area contributed by atoms with E-state index in [0.717, 1.165) is 6.54 Å². The highest BCUT2D eigenvalue weighted by Crippen LogP contribution is 2.33. The van der Waals surface area contributed by atoms with E-state index in [9.17, 15) is 10.1 Å². The second-order valence-corrected chi connectivity index (χ2v) is 4.74. The van der Waals surface area contributed by atoms with Gasteiger partial charge in [0.05, 0.1) is 4.92 Å². The Kier molecular flexibility index (Phi) is 4.02. The molecule has 0 saturated heterocycles. The summed E-state index contributed by atoms with van der Waals surface area (Å²) >= 11 is 0. The summed E-state index contributed by atoms with van der Waals surface area (Å²) in [6.07, 6.45) is 5.02. The van der Waals surface area contributed by atoms with E-state index < -0.39 is 0 Å². The fourth-order valence-corrected chi connectivity index (χ4v) is 2.55. The maximum atomic E-state index is 11.1. The van der Waals surface area contributed by atoms with Gasteiger partial charge in [-0.15, -0.1) is 0 Å². The number of nitro benzene ring substituents is 1. The van der Waals surface area contributed by atoms with Crippen LogP contribution in [0.3, 0.4) is 0 Å². The molecule has 0 aliphatic heterocycles. The molecule has 0 atom stereocenters. The van der Waals surface area contributed by atoms with Crippen LogP contribution in [-0.2, 0) is 0 Å². The molecule has 1 aromatic rings. The summed E-state index contributed by atoms with van der Waals surface area (Å²) in [5, 5.41) is 17.2. The Bertz CT molecular complexity index is 428. The van der Waals surface area contributed by atoms with E-state index in [1.54, 1.807) is 19.2 Å². The van der Waals surface area contributed by atoms with Crippen LogP contribution in [0.5, 0.6) is 0 Å². The van der Waals surface area contributed by atoms with Gasteiger partial charge in [0.25, 0.3) is 0 Å². The second kappa shape index (κ2) is 5.71. The zero-order chi connectivity index (χ0) is 13.0. The van der Waals surface area contributed by atoms with Gasteiger partial charge in [-0.05, 0) is 30.9 Å². The number of benzene rings is 1. The summed E-state index contributed by atoms with van der Waals surface area (Å²) < 4.78 is 0. The van der Waals surface area contributed by atoms with Crippen molar-refractivity contribution in [1.82, 2.24) is 0 Å². The molecule has 0 bridgehead atoms. The first kappa shape index (κ1) is 12.7. The molecule has 1 saturated carbocycles. The van der Waals surface area contributed by atoms with Crippen molar-refractivity contribution in [3.8, 4) is 0 Å². The lowest BCUT2D eigenvalue weighted by Gasteiger charge is -2.13. The molecule has 5 heteroatoms. The van der Waals surface area contributed by atoms with Crippen LogP contribution in [-0.4, -0.2) is 18.5 Å². The highest BCUT2D eigenvalue weighted by atomic mass is 16.6. The molecular formula is C13H19N3O2. The van der Waals surface area contributed by atoms with Gasteiger partial charge in [0, 0.05) is 13.6 Å². The van der Waals surface area contributed by atoms with Crippen molar-refractivity contribution in [2.24, 2.45) is 5.92 Å². The predicted octanol–water partition coefficient (Wildman–Crippen LogP) is 3.24. The molecule has 0 unspecified atom stereocenters. The molecule has 2 rings (SSSR count). The van der Waals surface area contributed by atoms with E-state index in [1.807, 2.05) is 6.07 Å². The van der Waals surface area contributed by atoms with Gasteiger partial charge in [0.2, 0.25) is 0 Å². The maximum absolute atomic E-state index is 11.1. The fraction of sp³-hybridized carbons (Fsp3) is 0.538. The minimum atomic E-state index is -0.331. The molecule has 2 N–H and O–H groups in total. The zero-order valence-corrected chi connectivity index (χ0v) is 10.6. The van der Waals surface area contributed by atoms with Crippen molar-refractivity contribution in [1.29, 1.82) is 0 Å². The van der Waals surface area contributed by atoms with E-state index >= 15 is 0 Å². The number of nitro groups is 1. The van der Waals surface area contributed by atoms with Gasteiger partial charge < -0.3 is 10.6 Å². The number of nitrogens with zero attached hydrogens (tertiary/aromatic N) is 1. The SMILES string of the molecule is CNc1cccc(NCC2CCCC2)c1[N+](=O)[O-]. The van der Waals surface area contributed by atoms with Crippen LogP contribution in [0.4, 0.5) is 17.1 Å². The third-order valence-corrected chi connectivity index (χ3v) is 3.54. The Morgan fingerprint density at radius 1 is 1.33 bits per heavy atom. The van der Waals surface area contributed by atoms with E-state index in [1.165, 1.54) is 25.7 Å². The molecule has 1 aliphatic carbocycles. The Hall–Kier alpha value is -1.78. The van der Waals surface area contributed by atoms with E-state index in [-0.39, 0.29) is 10.6 Å². The maximum Gasteiger partial charge on any atom is 0.315 e. The van der Waals surface area contributed by atoms with Crippen LogP contribution in [0, 0.1) is 16.0 Å². The van der Waals surface area contributed by atoms with Crippen molar-refractivity contribution in [3.63, 3.8) is 0 Å². The Labute approximate surface area is 107 Å². The highest BCUT2D eigenvalue weighted by molar-refractivity contribution is 5.75. The predicted molar refractivity (Wildman–Crippen MR) is 73.1 cm³/mol. The normalized spacial score (nSPS) is 15.6. The summed E-state index contributed by atoms with van der Waals surface area (Å²) in [6, 6.07) is 5.32. The summed E-state index contributed by atoms with van der Waals surface area (Å²) in [4.78, 5) is 10.8. The molecule has 0 spiro atoms. The van der Waals surface area contributed by atoms with Crippen molar-refractivity contribution in [3.05, 3.63) is 28.3 Å². The van der Waals surface area contributed by atoms with Gasteiger partial charge in [-0.1, -0.05) is 18.9 Å². The summed E-state index contributed by atoms with van der Waals surface area (Å²) in [5.41, 5.74) is 1.30. The van der Waals surface area contributed by atoms with Crippen LogP contribution in [0.1, 0.15) is 25.7 Å². The van der Waals surface area contributed by atoms with E-state index in [4.69, 9.17) is 0 Å². The van der Waals surface area contributed by atoms with Crippen LogP contribution in [0.25, 0.3) is 0 Å². The molecule has 98 valence electrons. The smallest absolute Gasteiger partial charge is 0.315 e. The summed E-state index contributed by atoms with van der Waals surface area (Å²) in [7, 11) is 1.70. The van der Waals surface area contributed by atoms with Crippen molar-refractivity contribution >= 4 is 17.1 Å². The number of hydrogen-bond acceptors (Lipinski definition) is 4. The second-order valence-electron chi connectivity index (χ2n) is 4.74. The molecule has 5 nitrogen and oxygen atoms in total. The Morgan fingerprint density at radius 2 is 2.00 bits per heavy atom. The molecular weight excluding hydrogens is 230 g/mol. The average molecular weight is 249 g/mol. The first-order valence-corrected chi connectivity index (χ1v) is 6.41. The standard InChI is InChI=1S/C13H19N3O2/c1-14-11-7-4-8-12(13(11)16(17)18)15-9-10-5-2-3-6-10/h4,7-8,10,14-15H,2-3,5-6,9H2,1H3. The van der Waals surface area contributed by atoms with E-state index in [0.29, 0.717) is 17.3 Å². The van der Waals surface area contributed by atoms with Gasteiger partial charge in [-0.25, -0.2) is 0 Å². The Balaban J connectivity index is 2.13. The first-order valence-electron chi connectivity index (χ1n) is 6.41. The number of hydrogen-bond donors (Lipinski definition) is 2. The molecule has 18 heavy (non-hydrogen) atoms. The molecule has 0 heterocycles. The average Bonchev–Trinajstić information content (AvgIpc) is 2.88. The lowest BCUT2D eigenvalue weighted by Crippen LogP contribution is -2.12. The van der Waals surface area contributed by atoms with Gasteiger partial charge in [-0.2, -0.15) is 0 Å². The molecule has 1 fully saturated rings. The minimum absolute atomic E-state index is 0.137. The molecule has 1 aliphatic rings. The lowest BCUT2D eigenvalue weighted by atomic mass is 10.1. The largest absolute Gasteiger partial charge is 0.382 e. The van der Waals surface area contributed by atoms with E-state index in [2.05, 4.69) is 10.6 Å². The Morgan fingerprint density at radius 3 is 2.61 bits per heavy atom. The van der Waals surface area contributed by atoms with Crippen LogP contribution in [0.2, 0.25) is 0 Å². The molecule has 0 radical (unpaired) electrons. The number of anilines is 2. The highest BCUT2D eigenvalue weighted by Gasteiger charge is 2.20.